The van der Waals surface area contributed by atoms with Gasteiger partial charge in [-0.25, -0.2) is 4.52 Å². The van der Waals surface area contributed by atoms with Crippen LogP contribution in [0.25, 0.3) is 5.65 Å². The Bertz CT molecular complexity index is 498. The highest BCUT2D eigenvalue weighted by atomic mass is 16.5. The van der Waals surface area contributed by atoms with E-state index in [-0.39, 0.29) is 5.56 Å². The largest absolute Gasteiger partial charge is 0.490 e. The Morgan fingerprint density at radius 3 is 3.08 bits per heavy atom. The molecular formula is C8H9N3O2. The van der Waals surface area contributed by atoms with Crippen molar-refractivity contribution in [1.82, 2.24) is 14.6 Å². The minimum absolute atomic E-state index is 0.229. The minimum atomic E-state index is -0.229. The number of fused-ring (bicyclic) bond motifs is 1. The van der Waals surface area contributed by atoms with Gasteiger partial charge in [0.25, 0.3) is 5.56 Å². The standard InChI is InChI=1S/C8H9N3O2/c1-5-7(13-2)8(12)10-6-3-4-9-11(5)6/h3-4H,1-2H3,(H,10,12). The minimum Gasteiger partial charge on any atom is -0.490 e. The Balaban J connectivity index is 2.93. The predicted octanol–water partition coefficient (Wildman–Crippen LogP) is 0.340. The van der Waals surface area contributed by atoms with Gasteiger partial charge < -0.3 is 9.72 Å². The van der Waals surface area contributed by atoms with Crippen molar-refractivity contribution in [2.45, 2.75) is 6.92 Å². The highest BCUT2D eigenvalue weighted by Gasteiger charge is 2.08. The van der Waals surface area contributed by atoms with E-state index >= 15 is 0 Å². The first-order valence-electron chi connectivity index (χ1n) is 3.84. The van der Waals surface area contributed by atoms with Crippen molar-refractivity contribution in [3.63, 3.8) is 0 Å². The average Bonchev–Trinajstić information content (AvgIpc) is 2.53. The molecule has 0 unspecified atom stereocenters. The van der Waals surface area contributed by atoms with Crippen LogP contribution < -0.4 is 10.3 Å². The number of aromatic nitrogens is 3. The number of rotatable bonds is 1. The van der Waals surface area contributed by atoms with Crippen LogP contribution in [0.4, 0.5) is 0 Å². The summed E-state index contributed by atoms with van der Waals surface area (Å²) in [5.74, 6) is 0.302. The molecule has 68 valence electrons. The van der Waals surface area contributed by atoms with Crippen molar-refractivity contribution >= 4 is 5.65 Å². The van der Waals surface area contributed by atoms with E-state index in [0.29, 0.717) is 17.1 Å². The molecule has 2 rings (SSSR count). The molecule has 0 spiro atoms. The van der Waals surface area contributed by atoms with E-state index in [1.54, 1.807) is 23.7 Å². The maximum absolute atomic E-state index is 11.4. The molecular weight excluding hydrogens is 170 g/mol. The molecule has 2 aromatic heterocycles. The lowest BCUT2D eigenvalue weighted by Gasteiger charge is -2.04. The summed E-state index contributed by atoms with van der Waals surface area (Å²) >= 11 is 0. The van der Waals surface area contributed by atoms with Gasteiger partial charge >= 0.3 is 0 Å². The predicted molar refractivity (Wildman–Crippen MR) is 47.1 cm³/mol. The zero-order valence-electron chi connectivity index (χ0n) is 7.37. The summed E-state index contributed by atoms with van der Waals surface area (Å²) in [6.07, 6.45) is 1.62. The van der Waals surface area contributed by atoms with Crippen LogP contribution in [0.15, 0.2) is 17.1 Å². The summed E-state index contributed by atoms with van der Waals surface area (Å²) < 4.78 is 6.57. The fourth-order valence-corrected chi connectivity index (χ4v) is 1.34. The zero-order valence-corrected chi connectivity index (χ0v) is 7.37. The van der Waals surface area contributed by atoms with Gasteiger partial charge in [-0.3, -0.25) is 4.79 Å². The van der Waals surface area contributed by atoms with Crippen molar-refractivity contribution < 1.29 is 4.74 Å². The number of hydrogen-bond donors (Lipinski definition) is 1. The van der Waals surface area contributed by atoms with E-state index < -0.39 is 0 Å². The summed E-state index contributed by atoms with van der Waals surface area (Å²) in [6, 6.07) is 1.73. The van der Waals surface area contributed by atoms with Gasteiger partial charge in [0.15, 0.2) is 0 Å². The summed E-state index contributed by atoms with van der Waals surface area (Å²) in [5.41, 5.74) is 1.14. The topological polar surface area (TPSA) is 59.4 Å². The molecule has 0 radical (unpaired) electrons. The zero-order chi connectivity index (χ0) is 9.42. The van der Waals surface area contributed by atoms with Crippen LogP contribution in [0.1, 0.15) is 5.69 Å². The second kappa shape index (κ2) is 2.62. The van der Waals surface area contributed by atoms with E-state index in [4.69, 9.17) is 4.74 Å². The van der Waals surface area contributed by atoms with Crippen molar-refractivity contribution in [1.29, 1.82) is 0 Å². The van der Waals surface area contributed by atoms with Gasteiger partial charge in [-0.2, -0.15) is 5.10 Å². The third kappa shape index (κ3) is 1.00. The van der Waals surface area contributed by atoms with Gasteiger partial charge in [0.2, 0.25) is 5.75 Å². The van der Waals surface area contributed by atoms with Crippen molar-refractivity contribution in [2.75, 3.05) is 7.11 Å². The van der Waals surface area contributed by atoms with E-state index in [0.717, 1.165) is 0 Å². The van der Waals surface area contributed by atoms with E-state index in [9.17, 15) is 4.79 Å². The maximum atomic E-state index is 11.4. The van der Waals surface area contributed by atoms with E-state index in [2.05, 4.69) is 10.1 Å². The second-order valence-corrected chi connectivity index (χ2v) is 2.70. The normalized spacial score (nSPS) is 10.6. The van der Waals surface area contributed by atoms with Crippen molar-refractivity contribution in [3.05, 3.63) is 28.3 Å². The number of hydrogen-bond acceptors (Lipinski definition) is 3. The molecule has 0 saturated heterocycles. The molecule has 0 aliphatic rings. The number of H-pyrrole nitrogens is 1. The Morgan fingerprint density at radius 1 is 1.62 bits per heavy atom. The van der Waals surface area contributed by atoms with Crippen LogP contribution in [-0.4, -0.2) is 21.7 Å². The molecule has 0 atom stereocenters. The SMILES string of the molecule is COc1c(C)n2nccc2[nH]c1=O. The summed E-state index contributed by atoms with van der Waals surface area (Å²) in [5, 5.41) is 4.03. The quantitative estimate of drug-likeness (QED) is 0.686. The maximum Gasteiger partial charge on any atom is 0.293 e. The molecule has 0 aromatic carbocycles. The molecule has 0 bridgehead atoms. The molecule has 5 nitrogen and oxygen atoms in total. The Hall–Kier alpha value is -1.78. The number of aryl methyl sites for hydroxylation is 1. The lowest BCUT2D eigenvalue weighted by molar-refractivity contribution is 0.400. The first kappa shape index (κ1) is 7.85. The first-order chi connectivity index (χ1) is 6.24. The number of nitrogens with one attached hydrogen (secondary N) is 1. The molecule has 0 fully saturated rings. The fraction of sp³-hybridized carbons (Fsp3) is 0.250. The smallest absolute Gasteiger partial charge is 0.293 e. The average molecular weight is 179 g/mol. The Kier molecular flexibility index (Phi) is 1.58. The Morgan fingerprint density at radius 2 is 2.38 bits per heavy atom. The van der Waals surface area contributed by atoms with Crippen LogP contribution in [0.2, 0.25) is 0 Å². The number of nitrogens with zero attached hydrogens (tertiary/aromatic N) is 2. The lowest BCUT2D eigenvalue weighted by atomic mass is 10.4. The van der Waals surface area contributed by atoms with Gasteiger partial charge in [0.1, 0.15) is 5.65 Å². The molecule has 0 saturated carbocycles. The highest BCUT2D eigenvalue weighted by Crippen LogP contribution is 2.10. The molecule has 5 heteroatoms. The second-order valence-electron chi connectivity index (χ2n) is 2.70. The van der Waals surface area contributed by atoms with E-state index in [1.165, 1.54) is 7.11 Å². The van der Waals surface area contributed by atoms with Crippen LogP contribution in [-0.2, 0) is 0 Å². The summed E-state index contributed by atoms with van der Waals surface area (Å²) in [4.78, 5) is 14.0. The van der Waals surface area contributed by atoms with Crippen LogP contribution in [0, 0.1) is 6.92 Å². The number of ether oxygens (including phenoxy) is 1. The molecule has 0 amide bonds. The molecule has 2 heterocycles. The first-order valence-corrected chi connectivity index (χ1v) is 3.84. The van der Waals surface area contributed by atoms with Gasteiger partial charge in [-0.05, 0) is 6.92 Å². The molecule has 13 heavy (non-hydrogen) atoms. The van der Waals surface area contributed by atoms with Gasteiger partial charge in [0, 0.05) is 6.07 Å². The van der Waals surface area contributed by atoms with Crippen LogP contribution >= 0.6 is 0 Å². The molecule has 2 aromatic rings. The van der Waals surface area contributed by atoms with Crippen molar-refractivity contribution in [2.24, 2.45) is 0 Å². The van der Waals surface area contributed by atoms with E-state index in [1.807, 2.05) is 0 Å². The highest BCUT2D eigenvalue weighted by molar-refractivity contribution is 5.41. The summed E-state index contributed by atoms with van der Waals surface area (Å²) in [7, 11) is 1.47. The Labute approximate surface area is 74.0 Å². The van der Waals surface area contributed by atoms with Gasteiger partial charge in [0.05, 0.1) is 19.0 Å². The number of methoxy groups -OCH3 is 1. The lowest BCUT2D eigenvalue weighted by Crippen LogP contribution is -2.14. The van der Waals surface area contributed by atoms with Crippen LogP contribution in [0.3, 0.4) is 0 Å². The van der Waals surface area contributed by atoms with Gasteiger partial charge in [-0.1, -0.05) is 0 Å². The molecule has 0 aliphatic carbocycles. The molecule has 1 N–H and O–H groups in total. The fourth-order valence-electron chi connectivity index (χ4n) is 1.34. The molecule has 0 aliphatic heterocycles. The van der Waals surface area contributed by atoms with Crippen molar-refractivity contribution in [3.8, 4) is 5.75 Å². The monoisotopic (exact) mass is 179 g/mol. The third-order valence-electron chi connectivity index (χ3n) is 1.94. The third-order valence-corrected chi connectivity index (χ3v) is 1.94. The number of aromatic amines is 1. The van der Waals surface area contributed by atoms with Gasteiger partial charge in [-0.15, -0.1) is 0 Å². The summed E-state index contributed by atoms with van der Waals surface area (Å²) in [6.45, 7) is 1.79. The van der Waals surface area contributed by atoms with Crippen LogP contribution in [0.5, 0.6) is 5.75 Å².